The van der Waals surface area contributed by atoms with Gasteiger partial charge in [-0.2, -0.15) is 0 Å². The lowest BCUT2D eigenvalue weighted by Gasteiger charge is -2.12. The highest BCUT2D eigenvalue weighted by Gasteiger charge is 2.20. The van der Waals surface area contributed by atoms with E-state index in [4.69, 9.17) is 18.0 Å². The van der Waals surface area contributed by atoms with E-state index in [2.05, 4.69) is 9.71 Å². The van der Waals surface area contributed by atoms with Crippen LogP contribution < -0.4 is 10.5 Å². The Hall–Kier alpha value is -1.35. The molecule has 0 aliphatic rings. The summed E-state index contributed by atoms with van der Waals surface area (Å²) in [6.07, 6.45) is 1.64. The Balaban J connectivity index is 2.26. The van der Waals surface area contributed by atoms with Crippen LogP contribution in [-0.4, -0.2) is 18.4 Å². The van der Waals surface area contributed by atoms with Gasteiger partial charge in [0.1, 0.15) is 10.00 Å². The maximum absolute atomic E-state index is 12.3. The molecule has 0 radical (unpaired) electrons. The zero-order valence-electron chi connectivity index (χ0n) is 10.6. The van der Waals surface area contributed by atoms with Gasteiger partial charge in [0.25, 0.3) is 0 Å². The maximum Gasteiger partial charge on any atom is 0.241 e. The molecule has 1 heterocycles. The van der Waals surface area contributed by atoms with E-state index in [0.29, 0.717) is 10.6 Å². The number of thiocarbonyl (C=S) groups is 1. The third-order valence-corrected chi connectivity index (χ3v) is 5.31. The molecule has 5 nitrogen and oxygen atoms in total. The Kier molecular flexibility index (Phi) is 4.48. The van der Waals surface area contributed by atoms with Gasteiger partial charge in [-0.25, -0.2) is 18.1 Å². The second kappa shape index (κ2) is 5.96. The van der Waals surface area contributed by atoms with E-state index in [1.165, 1.54) is 23.5 Å². The van der Waals surface area contributed by atoms with E-state index in [1.54, 1.807) is 30.6 Å². The summed E-state index contributed by atoms with van der Waals surface area (Å²) in [6, 6.07) is 5.84. The third kappa shape index (κ3) is 3.40. The summed E-state index contributed by atoms with van der Waals surface area (Å²) in [4.78, 5) is 4.38. The van der Waals surface area contributed by atoms with Crippen molar-refractivity contribution in [3.8, 4) is 0 Å². The first kappa shape index (κ1) is 15.0. The number of nitrogens with one attached hydrogen (secondary N) is 1. The first-order valence-corrected chi connectivity index (χ1v) is 8.49. The van der Waals surface area contributed by atoms with Crippen LogP contribution in [0.2, 0.25) is 0 Å². The van der Waals surface area contributed by atoms with Crippen molar-refractivity contribution in [1.82, 2.24) is 9.71 Å². The van der Waals surface area contributed by atoms with Crippen LogP contribution in [-0.2, 0) is 10.0 Å². The minimum absolute atomic E-state index is 0.131. The predicted molar refractivity (Wildman–Crippen MR) is 83.2 cm³/mol. The fraction of sp³-hybridized carbons (Fsp3) is 0.167. The molecule has 0 spiro atoms. The minimum atomic E-state index is -3.64. The number of nitrogens with two attached hydrogens (primary N) is 1. The Morgan fingerprint density at radius 3 is 2.85 bits per heavy atom. The van der Waals surface area contributed by atoms with Gasteiger partial charge in [-0.3, -0.25) is 0 Å². The zero-order valence-corrected chi connectivity index (χ0v) is 13.1. The van der Waals surface area contributed by atoms with Crippen molar-refractivity contribution < 1.29 is 8.42 Å². The number of hydrogen-bond donors (Lipinski definition) is 2. The van der Waals surface area contributed by atoms with Gasteiger partial charge in [-0.15, -0.1) is 11.3 Å². The van der Waals surface area contributed by atoms with E-state index >= 15 is 0 Å². The van der Waals surface area contributed by atoms with Crippen LogP contribution in [0.4, 0.5) is 0 Å². The number of hydrogen-bond acceptors (Lipinski definition) is 5. The van der Waals surface area contributed by atoms with Gasteiger partial charge in [-0.1, -0.05) is 24.4 Å². The topological polar surface area (TPSA) is 85.1 Å². The first-order chi connectivity index (χ1) is 9.40. The smallest absolute Gasteiger partial charge is 0.241 e. The second-order valence-corrected chi connectivity index (χ2v) is 7.19. The maximum atomic E-state index is 12.3. The molecule has 0 amide bonds. The Morgan fingerprint density at radius 1 is 1.50 bits per heavy atom. The third-order valence-electron chi connectivity index (χ3n) is 2.58. The molecule has 0 bridgehead atoms. The molecule has 2 aromatic rings. The first-order valence-electron chi connectivity index (χ1n) is 5.72. The molecule has 20 heavy (non-hydrogen) atoms. The average molecular weight is 327 g/mol. The molecule has 8 heteroatoms. The normalized spacial score (nSPS) is 13.1. The van der Waals surface area contributed by atoms with Crippen molar-refractivity contribution >= 4 is 38.6 Å². The fourth-order valence-electron chi connectivity index (χ4n) is 1.62. The quantitative estimate of drug-likeness (QED) is 0.818. The molecule has 1 unspecified atom stereocenters. The highest BCUT2D eigenvalue weighted by molar-refractivity contribution is 7.89. The lowest BCUT2D eigenvalue weighted by molar-refractivity contribution is 0.566. The summed E-state index contributed by atoms with van der Waals surface area (Å²) in [5, 5.41) is 2.51. The molecule has 3 N–H and O–H groups in total. The molecule has 1 aromatic heterocycles. The standard InChI is InChI=1S/C12H13N3O2S3/c1-8(12-14-5-6-19-12)15-20(16,17)10-4-2-3-9(7-10)11(13)18/h2-8,15H,1H3,(H2,13,18). The van der Waals surface area contributed by atoms with E-state index in [9.17, 15) is 8.42 Å². The largest absolute Gasteiger partial charge is 0.389 e. The second-order valence-electron chi connectivity index (χ2n) is 4.11. The number of thiazole rings is 1. The molecule has 0 saturated heterocycles. The SMILES string of the molecule is CC(NS(=O)(=O)c1cccc(C(N)=S)c1)c1nccs1. The van der Waals surface area contributed by atoms with E-state index in [-0.39, 0.29) is 9.88 Å². The summed E-state index contributed by atoms with van der Waals surface area (Å²) in [6.45, 7) is 1.74. The summed E-state index contributed by atoms with van der Waals surface area (Å²) < 4.78 is 27.2. The van der Waals surface area contributed by atoms with Crippen LogP contribution in [0.15, 0.2) is 40.7 Å². The number of benzene rings is 1. The van der Waals surface area contributed by atoms with Crippen LogP contribution in [0.1, 0.15) is 23.5 Å². The Morgan fingerprint density at radius 2 is 2.25 bits per heavy atom. The summed E-state index contributed by atoms with van der Waals surface area (Å²) >= 11 is 6.25. The van der Waals surface area contributed by atoms with Crippen molar-refractivity contribution in [1.29, 1.82) is 0 Å². The van der Waals surface area contributed by atoms with Crippen LogP contribution in [0, 0.1) is 0 Å². The zero-order chi connectivity index (χ0) is 14.8. The van der Waals surface area contributed by atoms with Crippen molar-refractivity contribution in [3.63, 3.8) is 0 Å². The highest BCUT2D eigenvalue weighted by Crippen LogP contribution is 2.19. The van der Waals surface area contributed by atoms with E-state index in [0.717, 1.165) is 0 Å². The Bertz CT molecular complexity index is 711. The molecule has 2 rings (SSSR count). The van der Waals surface area contributed by atoms with Crippen LogP contribution in [0.3, 0.4) is 0 Å². The van der Waals surface area contributed by atoms with Gasteiger partial charge in [0.15, 0.2) is 0 Å². The monoisotopic (exact) mass is 327 g/mol. The summed E-state index contributed by atoms with van der Waals surface area (Å²) in [5.74, 6) is 0. The van der Waals surface area contributed by atoms with Gasteiger partial charge in [0.05, 0.1) is 10.9 Å². The highest BCUT2D eigenvalue weighted by atomic mass is 32.2. The van der Waals surface area contributed by atoms with Gasteiger partial charge in [-0.05, 0) is 19.1 Å². The minimum Gasteiger partial charge on any atom is -0.389 e. The van der Waals surface area contributed by atoms with E-state index in [1.807, 2.05) is 0 Å². The van der Waals surface area contributed by atoms with Crippen molar-refractivity contribution in [2.75, 3.05) is 0 Å². The van der Waals surface area contributed by atoms with Crippen LogP contribution in [0.5, 0.6) is 0 Å². The Labute approximate surface area is 126 Å². The lowest BCUT2D eigenvalue weighted by atomic mass is 10.2. The molecule has 1 aromatic carbocycles. The lowest BCUT2D eigenvalue weighted by Crippen LogP contribution is -2.27. The predicted octanol–water partition coefficient (Wildman–Crippen LogP) is 1.82. The fourth-order valence-corrected chi connectivity index (χ4v) is 3.72. The van der Waals surface area contributed by atoms with Crippen molar-refractivity contribution in [2.24, 2.45) is 5.73 Å². The van der Waals surface area contributed by atoms with Gasteiger partial charge >= 0.3 is 0 Å². The molecular formula is C12H13N3O2S3. The number of nitrogens with zero attached hydrogens (tertiary/aromatic N) is 1. The van der Waals surface area contributed by atoms with Crippen LogP contribution in [0.25, 0.3) is 0 Å². The number of rotatable bonds is 5. The molecule has 0 aliphatic carbocycles. The van der Waals surface area contributed by atoms with E-state index < -0.39 is 16.1 Å². The van der Waals surface area contributed by atoms with Crippen LogP contribution >= 0.6 is 23.6 Å². The summed E-state index contributed by atoms with van der Waals surface area (Å²) in [5.41, 5.74) is 6.03. The molecule has 0 aliphatic heterocycles. The van der Waals surface area contributed by atoms with Gasteiger partial charge in [0.2, 0.25) is 10.0 Å². The molecule has 0 saturated carbocycles. The molecule has 1 atom stereocenters. The molecule has 106 valence electrons. The average Bonchev–Trinajstić information content (AvgIpc) is 2.92. The van der Waals surface area contributed by atoms with Crippen molar-refractivity contribution in [3.05, 3.63) is 46.4 Å². The molecular weight excluding hydrogens is 314 g/mol. The van der Waals surface area contributed by atoms with Gasteiger partial charge in [0, 0.05) is 17.1 Å². The summed E-state index contributed by atoms with van der Waals surface area (Å²) in [7, 11) is -3.64. The number of sulfonamides is 1. The van der Waals surface area contributed by atoms with Crippen molar-refractivity contribution in [2.45, 2.75) is 17.9 Å². The molecule has 0 fully saturated rings. The number of aromatic nitrogens is 1. The van der Waals surface area contributed by atoms with Gasteiger partial charge < -0.3 is 5.73 Å².